The maximum absolute atomic E-state index is 12.7. The molecular weight excluding hydrogens is 532 g/mol. The van der Waals surface area contributed by atoms with Crippen molar-refractivity contribution in [2.75, 3.05) is 12.4 Å². The maximum atomic E-state index is 12.7. The molecule has 0 saturated heterocycles. The Balaban J connectivity index is 1.19. The topological polar surface area (TPSA) is 132 Å². The van der Waals surface area contributed by atoms with E-state index in [9.17, 15) is 9.90 Å². The second kappa shape index (κ2) is 12.4. The lowest BCUT2D eigenvalue weighted by Crippen LogP contribution is -2.28. The first kappa shape index (κ1) is 29.4. The summed E-state index contributed by atoms with van der Waals surface area (Å²) in [6, 6.07) is 8.27. The molecule has 0 bridgehead atoms. The summed E-state index contributed by atoms with van der Waals surface area (Å²) in [6.07, 6.45) is 11.9. The Morgan fingerprint density at radius 1 is 1.12 bits per heavy atom. The number of nitrogens with zero attached hydrogens (tertiary/aromatic N) is 6. The van der Waals surface area contributed by atoms with E-state index in [1.807, 2.05) is 56.8 Å². The Hall–Kier alpha value is -4.09. The standard InChI is InChI=1S/C31H40N8O3/c1-20-14-22(6-7-23(20)15-33-28(40)24-16-35-39(18-24)31(2,3)4)27-12-13-32-30(37-27)36-25-17-34-38(19-25)26-10-8-21(9-11-26)29(41)42-5/h6-7,12-14,16-19,21,26,29,41H,8-11,15H2,1-5H3,(H,33,40)(H,32,36,37). The van der Waals surface area contributed by atoms with Gasteiger partial charge in [-0.25, -0.2) is 9.97 Å². The van der Waals surface area contributed by atoms with Crippen LogP contribution in [0.5, 0.6) is 0 Å². The van der Waals surface area contributed by atoms with Crippen molar-refractivity contribution >= 4 is 17.5 Å². The zero-order valence-electron chi connectivity index (χ0n) is 24.9. The van der Waals surface area contributed by atoms with E-state index in [1.54, 1.807) is 36.6 Å². The molecule has 3 heterocycles. The van der Waals surface area contributed by atoms with Crippen LogP contribution in [0.15, 0.2) is 55.2 Å². The van der Waals surface area contributed by atoms with Crippen molar-refractivity contribution in [3.05, 3.63) is 71.9 Å². The number of ether oxygens (including phenoxy) is 1. The van der Waals surface area contributed by atoms with Crippen LogP contribution in [0.2, 0.25) is 0 Å². The molecule has 1 aromatic carbocycles. The number of rotatable bonds is 9. The Morgan fingerprint density at radius 3 is 2.60 bits per heavy atom. The van der Waals surface area contributed by atoms with Gasteiger partial charge in [0.1, 0.15) is 0 Å². The van der Waals surface area contributed by atoms with Gasteiger partial charge in [-0.15, -0.1) is 0 Å². The van der Waals surface area contributed by atoms with E-state index in [2.05, 4.69) is 31.9 Å². The largest absolute Gasteiger partial charge is 0.368 e. The van der Waals surface area contributed by atoms with Gasteiger partial charge in [0.15, 0.2) is 6.29 Å². The molecule has 1 amide bonds. The lowest BCUT2D eigenvalue weighted by Gasteiger charge is -2.30. The quantitative estimate of drug-likeness (QED) is 0.240. The molecule has 1 saturated carbocycles. The van der Waals surface area contributed by atoms with E-state index in [4.69, 9.17) is 9.72 Å². The normalized spacial score (nSPS) is 18.0. The van der Waals surface area contributed by atoms with Gasteiger partial charge in [0, 0.05) is 43.7 Å². The maximum Gasteiger partial charge on any atom is 0.254 e. The predicted octanol–water partition coefficient (Wildman–Crippen LogP) is 4.97. The summed E-state index contributed by atoms with van der Waals surface area (Å²) in [7, 11) is 1.55. The molecule has 0 radical (unpaired) electrons. The van der Waals surface area contributed by atoms with Crippen molar-refractivity contribution in [1.82, 2.24) is 34.8 Å². The average Bonchev–Trinajstić information content (AvgIpc) is 3.67. The van der Waals surface area contributed by atoms with Crippen LogP contribution in [-0.4, -0.2) is 53.9 Å². The van der Waals surface area contributed by atoms with Crippen LogP contribution in [0.1, 0.15) is 74.0 Å². The highest BCUT2D eigenvalue weighted by molar-refractivity contribution is 5.93. The van der Waals surface area contributed by atoms with Gasteiger partial charge >= 0.3 is 0 Å². The van der Waals surface area contributed by atoms with Crippen LogP contribution in [0, 0.1) is 12.8 Å². The number of aliphatic hydroxyl groups is 1. The number of aromatic nitrogens is 6. The highest BCUT2D eigenvalue weighted by atomic mass is 16.6. The molecule has 0 aliphatic heterocycles. The molecule has 5 rings (SSSR count). The minimum Gasteiger partial charge on any atom is -0.368 e. The van der Waals surface area contributed by atoms with Crippen LogP contribution in [0.25, 0.3) is 11.3 Å². The fourth-order valence-corrected chi connectivity index (χ4v) is 5.29. The van der Waals surface area contributed by atoms with Crippen molar-refractivity contribution in [3.63, 3.8) is 0 Å². The molecule has 3 aromatic heterocycles. The second-order valence-electron chi connectivity index (χ2n) is 12.0. The SMILES string of the molecule is COC(O)C1CCC(n2cc(Nc3nccc(-c4ccc(CNC(=O)c5cnn(C(C)(C)C)c5)c(C)c4)n3)cn2)CC1. The zero-order valence-corrected chi connectivity index (χ0v) is 24.9. The summed E-state index contributed by atoms with van der Waals surface area (Å²) in [6.45, 7) is 8.58. The number of anilines is 2. The highest BCUT2D eigenvalue weighted by Gasteiger charge is 2.27. The van der Waals surface area contributed by atoms with Crippen LogP contribution in [0.3, 0.4) is 0 Å². The fraction of sp³-hybridized carbons (Fsp3) is 0.452. The van der Waals surface area contributed by atoms with Crippen molar-refractivity contribution in [2.45, 2.75) is 77.8 Å². The average molecular weight is 573 g/mol. The number of hydrogen-bond acceptors (Lipinski definition) is 8. The number of amides is 1. The molecule has 1 aliphatic rings. The summed E-state index contributed by atoms with van der Waals surface area (Å²) >= 11 is 0. The summed E-state index contributed by atoms with van der Waals surface area (Å²) in [5.41, 5.74) is 5.02. The third-order valence-corrected chi connectivity index (χ3v) is 7.88. The first-order chi connectivity index (χ1) is 20.1. The van der Waals surface area contributed by atoms with Crippen LogP contribution < -0.4 is 10.6 Å². The van der Waals surface area contributed by atoms with E-state index < -0.39 is 6.29 Å². The summed E-state index contributed by atoms with van der Waals surface area (Å²) in [5.74, 6) is 0.515. The van der Waals surface area contributed by atoms with Crippen LogP contribution in [-0.2, 0) is 16.8 Å². The molecule has 42 heavy (non-hydrogen) atoms. The van der Waals surface area contributed by atoms with E-state index in [0.717, 1.165) is 53.8 Å². The molecule has 4 aromatic rings. The molecular formula is C31H40N8O3. The molecule has 11 heteroatoms. The van der Waals surface area contributed by atoms with Crippen LogP contribution >= 0.6 is 0 Å². The Morgan fingerprint density at radius 2 is 1.90 bits per heavy atom. The van der Waals surface area contributed by atoms with Gasteiger partial charge < -0.3 is 20.5 Å². The lowest BCUT2D eigenvalue weighted by atomic mass is 9.85. The van der Waals surface area contributed by atoms with Crippen LogP contribution in [0.4, 0.5) is 11.6 Å². The number of methoxy groups -OCH3 is 1. The third kappa shape index (κ3) is 6.85. The van der Waals surface area contributed by atoms with E-state index in [-0.39, 0.29) is 17.4 Å². The fourth-order valence-electron chi connectivity index (χ4n) is 5.29. The first-order valence-electron chi connectivity index (χ1n) is 14.4. The first-order valence-corrected chi connectivity index (χ1v) is 14.4. The lowest BCUT2D eigenvalue weighted by molar-refractivity contribution is -0.122. The van der Waals surface area contributed by atoms with Gasteiger partial charge in [0.25, 0.3) is 5.91 Å². The summed E-state index contributed by atoms with van der Waals surface area (Å²) in [4.78, 5) is 21.8. The zero-order chi connectivity index (χ0) is 29.9. The van der Waals surface area contributed by atoms with Crippen molar-refractivity contribution in [2.24, 2.45) is 5.92 Å². The Labute approximate surface area is 246 Å². The molecule has 11 nitrogen and oxygen atoms in total. The van der Waals surface area contributed by atoms with E-state index >= 15 is 0 Å². The van der Waals surface area contributed by atoms with E-state index in [0.29, 0.717) is 24.1 Å². The van der Waals surface area contributed by atoms with Gasteiger partial charge in [-0.3, -0.25) is 14.2 Å². The molecule has 1 aliphatic carbocycles. The minimum atomic E-state index is -0.693. The predicted molar refractivity (Wildman–Crippen MR) is 160 cm³/mol. The monoisotopic (exact) mass is 572 g/mol. The number of hydrogen-bond donors (Lipinski definition) is 3. The Kier molecular flexibility index (Phi) is 8.69. The molecule has 3 N–H and O–H groups in total. The van der Waals surface area contributed by atoms with Gasteiger partial charge in [-0.2, -0.15) is 10.2 Å². The number of aryl methyl sites for hydroxylation is 1. The molecule has 1 atom stereocenters. The molecule has 1 unspecified atom stereocenters. The smallest absolute Gasteiger partial charge is 0.254 e. The molecule has 0 spiro atoms. The number of carbonyl (C=O) groups is 1. The van der Waals surface area contributed by atoms with Gasteiger partial charge in [-0.1, -0.05) is 12.1 Å². The number of aliphatic hydroxyl groups excluding tert-OH is 1. The Bertz CT molecular complexity index is 1510. The van der Waals surface area contributed by atoms with Crippen molar-refractivity contribution in [1.29, 1.82) is 0 Å². The summed E-state index contributed by atoms with van der Waals surface area (Å²) < 4.78 is 8.87. The summed E-state index contributed by atoms with van der Waals surface area (Å²) in [5, 5.41) is 25.1. The van der Waals surface area contributed by atoms with Gasteiger partial charge in [-0.05, 0) is 76.6 Å². The van der Waals surface area contributed by atoms with Crippen molar-refractivity contribution in [3.8, 4) is 11.3 Å². The number of carbonyl (C=O) groups excluding carboxylic acids is 1. The van der Waals surface area contributed by atoms with Crippen molar-refractivity contribution < 1.29 is 14.6 Å². The minimum absolute atomic E-state index is 0.151. The van der Waals surface area contributed by atoms with Gasteiger partial charge in [0.2, 0.25) is 5.95 Å². The second-order valence-corrected chi connectivity index (χ2v) is 12.0. The number of benzene rings is 1. The highest BCUT2D eigenvalue weighted by Crippen LogP contribution is 2.34. The number of nitrogens with one attached hydrogen (secondary N) is 2. The van der Waals surface area contributed by atoms with E-state index in [1.165, 1.54) is 0 Å². The molecule has 222 valence electrons. The third-order valence-electron chi connectivity index (χ3n) is 7.88. The van der Waals surface area contributed by atoms with Gasteiger partial charge in [0.05, 0.1) is 40.9 Å². The molecule has 1 fully saturated rings.